The fourth-order valence-electron chi connectivity index (χ4n) is 6.31. The maximum absolute atomic E-state index is 12.9. The highest BCUT2D eigenvalue weighted by molar-refractivity contribution is 5.92. The van der Waals surface area contributed by atoms with Gasteiger partial charge in [-0.05, 0) is 54.8 Å². The third-order valence-corrected chi connectivity index (χ3v) is 9.02. The summed E-state index contributed by atoms with van der Waals surface area (Å²) in [5, 5.41) is 15.1. The Hall–Kier alpha value is -3.76. The molecule has 3 N–H and O–H groups in total. The minimum atomic E-state index is -0.827. The van der Waals surface area contributed by atoms with Crippen LogP contribution in [-0.2, 0) is 32.0 Å². The van der Waals surface area contributed by atoms with Gasteiger partial charge in [0.15, 0.2) is 6.29 Å². The normalized spacial score (nSPS) is 23.0. The average molecular weight is 630 g/mol. The predicted octanol–water partition coefficient (Wildman–Crippen LogP) is 6.14. The van der Waals surface area contributed by atoms with Gasteiger partial charge in [-0.3, -0.25) is 0 Å². The van der Waals surface area contributed by atoms with E-state index < -0.39 is 24.3 Å². The number of amides is 2. The Bertz CT molecular complexity index is 1380. The summed E-state index contributed by atoms with van der Waals surface area (Å²) < 4.78 is 18.2. The summed E-state index contributed by atoms with van der Waals surface area (Å²) in [5.74, 6) is -0.397. The van der Waals surface area contributed by atoms with E-state index in [9.17, 15) is 14.7 Å². The van der Waals surface area contributed by atoms with Crippen LogP contribution in [0.3, 0.4) is 0 Å². The summed E-state index contributed by atoms with van der Waals surface area (Å²) >= 11 is 0. The molecule has 2 saturated heterocycles. The largest absolute Gasteiger partial charge is 0.467 e. The average Bonchev–Trinajstić information content (AvgIpc) is 3.07. The molecule has 3 aromatic carbocycles. The number of nitrogens with zero attached hydrogens (tertiary/aromatic N) is 1. The molecule has 0 spiro atoms. The Morgan fingerprint density at radius 2 is 1.52 bits per heavy atom. The van der Waals surface area contributed by atoms with Gasteiger partial charge in [0.05, 0.1) is 25.9 Å². The van der Waals surface area contributed by atoms with E-state index in [-0.39, 0.29) is 24.7 Å². The minimum Gasteiger partial charge on any atom is -0.467 e. The van der Waals surface area contributed by atoms with Crippen molar-refractivity contribution in [3.63, 3.8) is 0 Å². The number of aliphatic hydroxyl groups excluding tert-OH is 1. The smallest absolute Gasteiger partial charge is 0.328 e. The number of carbonyl (C=O) groups excluding carboxylic acids is 2. The summed E-state index contributed by atoms with van der Waals surface area (Å²) in [6, 6.07) is 23.5. The molecule has 46 heavy (non-hydrogen) atoms. The molecule has 2 heterocycles. The van der Waals surface area contributed by atoms with Gasteiger partial charge < -0.3 is 34.9 Å². The highest BCUT2D eigenvalue weighted by Crippen LogP contribution is 2.42. The van der Waals surface area contributed by atoms with E-state index >= 15 is 0 Å². The van der Waals surface area contributed by atoms with Crippen molar-refractivity contribution in [2.24, 2.45) is 5.92 Å². The standard InChI is InChI=1S/C37H47N3O6/c1-26-33(24-40-21-9-4-3-5-10-22-40)45-36(46-34(26)29-15-13-28(25-41)14-16-29)30-17-19-31(20-18-30)38-37(43)39-32(35(42)44-2)23-27-11-7-6-8-12-27/h6-8,11-20,26,32-34,36,41H,3-5,9-10,21-25H2,1-2H3,(H2,38,39,43)/t26-,32+,33+,34+,36+/m1/s1. The highest BCUT2D eigenvalue weighted by Gasteiger charge is 2.39. The Balaban J connectivity index is 1.28. The second-order valence-electron chi connectivity index (χ2n) is 12.4. The lowest BCUT2D eigenvalue weighted by Crippen LogP contribution is -2.45. The molecule has 9 nitrogen and oxygen atoms in total. The summed E-state index contributed by atoms with van der Waals surface area (Å²) in [6.07, 6.45) is 5.80. The van der Waals surface area contributed by atoms with Crippen LogP contribution in [0.25, 0.3) is 0 Å². The topological polar surface area (TPSA) is 109 Å². The second kappa shape index (κ2) is 16.7. The first-order chi connectivity index (χ1) is 22.4. The van der Waals surface area contributed by atoms with Crippen molar-refractivity contribution < 1.29 is 28.9 Å². The van der Waals surface area contributed by atoms with Gasteiger partial charge in [0.2, 0.25) is 0 Å². The number of hydrogen-bond donors (Lipinski definition) is 3. The summed E-state index contributed by atoms with van der Waals surface area (Å²) in [6.45, 7) is 5.20. The van der Waals surface area contributed by atoms with Gasteiger partial charge in [-0.1, -0.05) is 92.9 Å². The van der Waals surface area contributed by atoms with Gasteiger partial charge in [0.25, 0.3) is 0 Å². The van der Waals surface area contributed by atoms with Gasteiger partial charge in [-0.15, -0.1) is 0 Å². The monoisotopic (exact) mass is 629 g/mol. The lowest BCUT2D eigenvalue weighted by atomic mass is 9.89. The zero-order valence-electron chi connectivity index (χ0n) is 26.9. The zero-order valence-corrected chi connectivity index (χ0v) is 26.9. The van der Waals surface area contributed by atoms with Crippen LogP contribution in [0.15, 0.2) is 78.9 Å². The highest BCUT2D eigenvalue weighted by atomic mass is 16.7. The number of rotatable bonds is 10. The lowest BCUT2D eigenvalue weighted by Gasteiger charge is -2.43. The number of ether oxygens (including phenoxy) is 3. The molecule has 9 heteroatoms. The summed E-state index contributed by atoms with van der Waals surface area (Å²) in [7, 11) is 1.31. The SMILES string of the molecule is COC(=O)[C@H](Cc1ccccc1)NC(=O)Nc1ccc([C@H]2O[C@@H](CN3CCCCCCC3)[C@@H](C)[C@@H](c3ccc(CO)cc3)O2)cc1. The number of methoxy groups -OCH3 is 1. The van der Waals surface area contributed by atoms with Crippen LogP contribution in [0.4, 0.5) is 10.5 Å². The maximum Gasteiger partial charge on any atom is 0.328 e. The minimum absolute atomic E-state index is 0.000538. The van der Waals surface area contributed by atoms with Gasteiger partial charge >= 0.3 is 12.0 Å². The second-order valence-corrected chi connectivity index (χ2v) is 12.4. The number of hydrogen-bond acceptors (Lipinski definition) is 7. The number of anilines is 1. The van der Waals surface area contributed by atoms with Crippen LogP contribution in [0.2, 0.25) is 0 Å². The molecule has 0 aromatic heterocycles. The quantitative estimate of drug-likeness (QED) is 0.231. The van der Waals surface area contributed by atoms with Gasteiger partial charge in [-0.2, -0.15) is 0 Å². The third-order valence-electron chi connectivity index (χ3n) is 9.02. The molecular formula is C37H47N3O6. The number of esters is 1. The molecular weight excluding hydrogens is 582 g/mol. The van der Waals surface area contributed by atoms with Gasteiger partial charge in [-0.25, -0.2) is 9.59 Å². The summed E-state index contributed by atoms with van der Waals surface area (Å²) in [4.78, 5) is 27.8. The number of likely N-dealkylation sites (tertiary alicyclic amines) is 1. The molecule has 0 bridgehead atoms. The van der Waals surface area contributed by atoms with Crippen molar-refractivity contribution in [3.05, 3.63) is 101 Å². The Morgan fingerprint density at radius 3 is 2.17 bits per heavy atom. The Labute approximate surface area is 272 Å². The van der Waals surface area contributed by atoms with Crippen molar-refractivity contribution in [3.8, 4) is 0 Å². The fraction of sp³-hybridized carbons (Fsp3) is 0.459. The number of benzene rings is 3. The summed E-state index contributed by atoms with van der Waals surface area (Å²) in [5.41, 5.74) is 4.26. The van der Waals surface area contributed by atoms with Crippen molar-refractivity contribution in [1.29, 1.82) is 0 Å². The molecule has 0 radical (unpaired) electrons. The molecule has 2 aliphatic heterocycles. The van der Waals surface area contributed by atoms with Crippen molar-refractivity contribution in [1.82, 2.24) is 10.2 Å². The molecule has 2 aliphatic rings. The lowest BCUT2D eigenvalue weighted by molar-refractivity contribution is -0.276. The van der Waals surface area contributed by atoms with Gasteiger partial charge in [0, 0.05) is 30.1 Å². The van der Waals surface area contributed by atoms with Crippen LogP contribution < -0.4 is 10.6 Å². The first-order valence-electron chi connectivity index (χ1n) is 16.5. The van der Waals surface area contributed by atoms with Crippen molar-refractivity contribution in [2.45, 2.75) is 76.6 Å². The molecule has 246 valence electrons. The molecule has 0 unspecified atom stereocenters. The van der Waals surface area contributed by atoms with Crippen LogP contribution in [0.1, 0.15) is 73.7 Å². The van der Waals surface area contributed by atoms with E-state index in [1.165, 1.54) is 39.2 Å². The maximum atomic E-state index is 12.9. The zero-order chi connectivity index (χ0) is 32.3. The van der Waals surface area contributed by atoms with E-state index in [0.717, 1.165) is 41.9 Å². The molecule has 5 atom stereocenters. The van der Waals surface area contributed by atoms with Crippen LogP contribution >= 0.6 is 0 Å². The third kappa shape index (κ3) is 9.16. The molecule has 0 saturated carbocycles. The van der Waals surface area contributed by atoms with Crippen molar-refractivity contribution >= 4 is 17.7 Å². The van der Waals surface area contributed by atoms with E-state index in [4.69, 9.17) is 14.2 Å². The van der Waals surface area contributed by atoms with E-state index in [1.807, 2.05) is 78.9 Å². The van der Waals surface area contributed by atoms with E-state index in [0.29, 0.717) is 12.1 Å². The molecule has 2 fully saturated rings. The predicted molar refractivity (Wildman–Crippen MR) is 177 cm³/mol. The molecule has 5 rings (SSSR count). The van der Waals surface area contributed by atoms with Gasteiger partial charge in [0.1, 0.15) is 6.04 Å². The van der Waals surface area contributed by atoms with Crippen LogP contribution in [-0.4, -0.2) is 60.9 Å². The molecule has 0 aliphatic carbocycles. The number of carbonyl (C=O) groups is 2. The van der Waals surface area contributed by atoms with Crippen LogP contribution in [0.5, 0.6) is 0 Å². The number of aliphatic hydroxyl groups is 1. The number of urea groups is 1. The van der Waals surface area contributed by atoms with Crippen LogP contribution in [0, 0.1) is 5.92 Å². The number of nitrogens with one attached hydrogen (secondary N) is 2. The molecule has 3 aromatic rings. The Kier molecular flexibility index (Phi) is 12.2. The molecule has 2 amide bonds. The Morgan fingerprint density at radius 1 is 0.870 bits per heavy atom. The van der Waals surface area contributed by atoms with Crippen molar-refractivity contribution in [2.75, 3.05) is 32.1 Å². The van der Waals surface area contributed by atoms with E-state index in [1.54, 1.807) is 0 Å². The first-order valence-corrected chi connectivity index (χ1v) is 16.5. The van der Waals surface area contributed by atoms with E-state index in [2.05, 4.69) is 22.5 Å². The fourth-order valence-corrected chi connectivity index (χ4v) is 6.31. The first kappa shape index (κ1) is 33.6.